The third-order valence-electron chi connectivity index (χ3n) is 2.87. The summed E-state index contributed by atoms with van der Waals surface area (Å²) in [5, 5.41) is 0. The zero-order valence-corrected chi connectivity index (χ0v) is 13.6. The van der Waals surface area contributed by atoms with Crippen molar-refractivity contribution >= 4 is 27.8 Å². The molecule has 0 N–H and O–H groups in total. The summed E-state index contributed by atoms with van der Waals surface area (Å²) in [5.41, 5.74) is -0.453. The number of amides is 1. The maximum atomic E-state index is 12.0. The summed E-state index contributed by atoms with van der Waals surface area (Å²) in [7, 11) is 0. The largest absolute Gasteiger partial charge is 0.444 e. The van der Waals surface area contributed by atoms with Crippen LogP contribution < -0.4 is 4.90 Å². The minimum absolute atomic E-state index is 0.249. The third kappa shape index (κ3) is 4.06. The van der Waals surface area contributed by atoms with Gasteiger partial charge in [-0.15, -0.1) is 0 Å². The number of anilines is 1. The molecule has 0 aliphatic carbocycles. The second-order valence-corrected chi connectivity index (χ2v) is 6.47. The lowest BCUT2D eigenvalue weighted by molar-refractivity contribution is 0.0240. The van der Waals surface area contributed by atoms with Crippen molar-refractivity contribution in [3.63, 3.8) is 0 Å². The van der Waals surface area contributed by atoms with Crippen LogP contribution in [-0.4, -0.2) is 52.7 Å². The molecule has 1 fully saturated rings. The zero-order chi connectivity index (χ0) is 14.8. The molecule has 0 aromatic carbocycles. The normalized spacial score (nSPS) is 16.2. The van der Waals surface area contributed by atoms with E-state index in [1.807, 2.05) is 26.8 Å². The Hall–Kier alpha value is -1.37. The summed E-state index contributed by atoms with van der Waals surface area (Å²) < 4.78 is 6.13. The summed E-state index contributed by atoms with van der Waals surface area (Å²) in [5.74, 6) is 0.871. The Morgan fingerprint density at radius 1 is 1.25 bits per heavy atom. The van der Waals surface area contributed by atoms with Crippen LogP contribution in [0.2, 0.25) is 0 Å². The molecular weight excluding hydrogens is 324 g/mol. The van der Waals surface area contributed by atoms with Crippen LogP contribution in [0.3, 0.4) is 0 Å². The highest BCUT2D eigenvalue weighted by Gasteiger charge is 2.26. The van der Waals surface area contributed by atoms with Gasteiger partial charge in [0.1, 0.15) is 22.3 Å². The Bertz CT molecular complexity index is 482. The monoisotopic (exact) mass is 342 g/mol. The second-order valence-electron chi connectivity index (χ2n) is 5.65. The Kier molecular flexibility index (Phi) is 4.47. The first kappa shape index (κ1) is 15.0. The Labute approximate surface area is 127 Å². The molecule has 0 unspecified atom stereocenters. The van der Waals surface area contributed by atoms with Gasteiger partial charge in [-0.05, 0) is 36.7 Å². The van der Waals surface area contributed by atoms with Crippen molar-refractivity contribution in [3.05, 3.63) is 17.0 Å². The smallest absolute Gasteiger partial charge is 0.410 e. The minimum Gasteiger partial charge on any atom is -0.444 e. The van der Waals surface area contributed by atoms with Gasteiger partial charge < -0.3 is 14.5 Å². The van der Waals surface area contributed by atoms with Crippen molar-refractivity contribution in [3.8, 4) is 0 Å². The Morgan fingerprint density at radius 2 is 1.90 bits per heavy atom. The maximum Gasteiger partial charge on any atom is 0.410 e. The fraction of sp³-hybridized carbons (Fsp3) is 0.615. The summed E-state index contributed by atoms with van der Waals surface area (Å²) in [6.07, 6.45) is 1.28. The van der Waals surface area contributed by atoms with Crippen LogP contribution in [0.4, 0.5) is 10.6 Å². The van der Waals surface area contributed by atoms with E-state index in [4.69, 9.17) is 4.74 Å². The number of hydrogen-bond donors (Lipinski definition) is 0. The average Bonchev–Trinajstić information content (AvgIpc) is 2.37. The van der Waals surface area contributed by atoms with Crippen molar-refractivity contribution in [2.75, 3.05) is 31.1 Å². The van der Waals surface area contributed by atoms with Gasteiger partial charge in [0.25, 0.3) is 0 Å². The number of ether oxygens (including phenoxy) is 1. The molecule has 1 amide bonds. The molecule has 1 aromatic heterocycles. The molecular formula is C13H19BrN4O2. The summed E-state index contributed by atoms with van der Waals surface area (Å²) in [6, 6.07) is 1.88. The predicted molar refractivity (Wildman–Crippen MR) is 79.8 cm³/mol. The van der Waals surface area contributed by atoms with E-state index < -0.39 is 5.60 Å². The van der Waals surface area contributed by atoms with Crippen LogP contribution in [0, 0.1) is 0 Å². The molecule has 0 atom stereocenters. The summed E-state index contributed by atoms with van der Waals surface area (Å²) in [6.45, 7) is 8.37. The van der Waals surface area contributed by atoms with Crippen LogP contribution in [0.25, 0.3) is 0 Å². The topological polar surface area (TPSA) is 58.6 Å². The summed E-state index contributed by atoms with van der Waals surface area (Å²) >= 11 is 3.33. The van der Waals surface area contributed by atoms with Gasteiger partial charge >= 0.3 is 6.09 Å². The quantitative estimate of drug-likeness (QED) is 0.733. The highest BCUT2D eigenvalue weighted by atomic mass is 79.9. The van der Waals surface area contributed by atoms with E-state index in [9.17, 15) is 4.79 Å². The fourth-order valence-corrected chi connectivity index (χ4v) is 2.24. The van der Waals surface area contributed by atoms with Crippen molar-refractivity contribution in [1.82, 2.24) is 14.9 Å². The fourth-order valence-electron chi connectivity index (χ4n) is 1.94. The highest BCUT2D eigenvalue weighted by molar-refractivity contribution is 9.10. The lowest BCUT2D eigenvalue weighted by Gasteiger charge is -2.36. The van der Waals surface area contributed by atoms with Gasteiger partial charge in [0.2, 0.25) is 0 Å². The zero-order valence-electron chi connectivity index (χ0n) is 12.0. The van der Waals surface area contributed by atoms with Crippen LogP contribution in [0.1, 0.15) is 20.8 Å². The molecule has 0 spiro atoms. The number of carbonyl (C=O) groups excluding carboxylic acids is 1. The first-order valence-electron chi connectivity index (χ1n) is 6.55. The lowest BCUT2D eigenvalue weighted by atomic mass is 10.2. The first-order chi connectivity index (χ1) is 9.35. The van der Waals surface area contributed by atoms with E-state index in [0.717, 1.165) is 23.5 Å². The Balaban J connectivity index is 1.91. The molecule has 0 radical (unpaired) electrons. The van der Waals surface area contributed by atoms with Gasteiger partial charge in [-0.1, -0.05) is 0 Å². The molecule has 1 saturated heterocycles. The van der Waals surface area contributed by atoms with Crippen LogP contribution in [-0.2, 0) is 4.74 Å². The number of carbonyl (C=O) groups is 1. The van der Waals surface area contributed by atoms with Gasteiger partial charge in [-0.25, -0.2) is 14.8 Å². The molecule has 20 heavy (non-hydrogen) atoms. The van der Waals surface area contributed by atoms with E-state index in [2.05, 4.69) is 30.8 Å². The van der Waals surface area contributed by atoms with Crippen molar-refractivity contribution in [1.29, 1.82) is 0 Å². The molecule has 110 valence electrons. The van der Waals surface area contributed by atoms with E-state index in [1.54, 1.807) is 4.90 Å². The molecule has 1 aliphatic rings. The predicted octanol–water partition coefficient (Wildman–Crippen LogP) is 2.30. The number of aromatic nitrogens is 2. The molecule has 6 nitrogen and oxygen atoms in total. The SMILES string of the molecule is CC(C)(C)OC(=O)N1CCN(c2cc(Br)ncn2)CC1. The molecule has 2 heterocycles. The number of halogens is 1. The maximum absolute atomic E-state index is 12.0. The van der Waals surface area contributed by atoms with Gasteiger partial charge in [-0.2, -0.15) is 0 Å². The molecule has 7 heteroatoms. The molecule has 0 bridgehead atoms. The van der Waals surface area contributed by atoms with Crippen LogP contribution >= 0.6 is 15.9 Å². The molecule has 2 rings (SSSR count). The van der Waals surface area contributed by atoms with E-state index in [-0.39, 0.29) is 6.09 Å². The third-order valence-corrected chi connectivity index (χ3v) is 3.31. The number of piperazine rings is 1. The van der Waals surface area contributed by atoms with Gasteiger partial charge in [0.15, 0.2) is 0 Å². The van der Waals surface area contributed by atoms with Gasteiger partial charge in [0, 0.05) is 32.2 Å². The molecule has 0 saturated carbocycles. The second kappa shape index (κ2) is 5.95. The molecule has 1 aromatic rings. The van der Waals surface area contributed by atoms with E-state index >= 15 is 0 Å². The van der Waals surface area contributed by atoms with E-state index in [0.29, 0.717) is 13.1 Å². The standard InChI is InChI=1S/C13H19BrN4O2/c1-13(2,3)20-12(19)18-6-4-17(5-7-18)11-8-10(14)15-9-16-11/h8-9H,4-7H2,1-3H3. The number of hydrogen-bond acceptors (Lipinski definition) is 5. The number of rotatable bonds is 1. The average molecular weight is 343 g/mol. The van der Waals surface area contributed by atoms with Crippen LogP contribution in [0.15, 0.2) is 17.0 Å². The highest BCUT2D eigenvalue weighted by Crippen LogP contribution is 2.17. The van der Waals surface area contributed by atoms with Crippen molar-refractivity contribution in [2.24, 2.45) is 0 Å². The minimum atomic E-state index is -0.453. The van der Waals surface area contributed by atoms with Crippen molar-refractivity contribution < 1.29 is 9.53 Å². The lowest BCUT2D eigenvalue weighted by Crippen LogP contribution is -2.50. The first-order valence-corrected chi connectivity index (χ1v) is 7.35. The van der Waals surface area contributed by atoms with Crippen molar-refractivity contribution in [2.45, 2.75) is 26.4 Å². The summed E-state index contributed by atoms with van der Waals surface area (Å²) in [4.78, 5) is 24.1. The van der Waals surface area contributed by atoms with Crippen LogP contribution in [0.5, 0.6) is 0 Å². The van der Waals surface area contributed by atoms with Gasteiger partial charge in [-0.3, -0.25) is 0 Å². The van der Waals surface area contributed by atoms with E-state index in [1.165, 1.54) is 6.33 Å². The Morgan fingerprint density at radius 3 is 2.45 bits per heavy atom. The van der Waals surface area contributed by atoms with Gasteiger partial charge in [0.05, 0.1) is 0 Å². The molecule has 1 aliphatic heterocycles. The number of nitrogens with zero attached hydrogens (tertiary/aromatic N) is 4.